The van der Waals surface area contributed by atoms with Gasteiger partial charge in [-0.05, 0) is 37.6 Å². The van der Waals surface area contributed by atoms with E-state index in [2.05, 4.69) is 10.6 Å². The van der Waals surface area contributed by atoms with Gasteiger partial charge in [-0.3, -0.25) is 14.9 Å². The van der Waals surface area contributed by atoms with Crippen LogP contribution in [0.1, 0.15) is 30.6 Å². The van der Waals surface area contributed by atoms with Crippen molar-refractivity contribution in [1.82, 2.24) is 5.32 Å². The fourth-order valence-electron chi connectivity index (χ4n) is 2.23. The van der Waals surface area contributed by atoms with Crippen molar-refractivity contribution >= 4 is 28.9 Å². The van der Waals surface area contributed by atoms with Crippen LogP contribution in [0, 0.1) is 10.1 Å². The van der Waals surface area contributed by atoms with Crippen LogP contribution in [0.3, 0.4) is 0 Å². The van der Waals surface area contributed by atoms with E-state index in [0.717, 1.165) is 12.5 Å². The van der Waals surface area contributed by atoms with Crippen molar-refractivity contribution < 1.29 is 19.2 Å². The Hall–Kier alpha value is -3.42. The molecule has 0 fully saturated rings. The van der Waals surface area contributed by atoms with Gasteiger partial charge in [0.25, 0.3) is 11.6 Å². The molecule has 0 saturated heterocycles. The van der Waals surface area contributed by atoms with Crippen LogP contribution in [0.25, 0.3) is 0 Å². The minimum atomic E-state index is -0.802. The SMILES string of the molecule is CC[C@H](C)NC(=O)COC(=O)c1ccc(Nc2ccccc2)c([N+](=O)[O-])c1. The van der Waals surface area contributed by atoms with Crippen LogP contribution in [-0.4, -0.2) is 29.4 Å². The molecule has 2 aromatic carbocycles. The number of para-hydroxylation sites is 1. The van der Waals surface area contributed by atoms with Gasteiger partial charge in [0.05, 0.1) is 10.5 Å². The molecule has 0 saturated carbocycles. The predicted molar refractivity (Wildman–Crippen MR) is 101 cm³/mol. The molecule has 1 amide bonds. The minimum Gasteiger partial charge on any atom is -0.452 e. The largest absolute Gasteiger partial charge is 0.452 e. The number of amides is 1. The van der Waals surface area contributed by atoms with Crippen LogP contribution in [-0.2, 0) is 9.53 Å². The Morgan fingerprint density at radius 1 is 1.19 bits per heavy atom. The molecular weight excluding hydrogens is 350 g/mol. The van der Waals surface area contributed by atoms with Crippen LogP contribution in [0.5, 0.6) is 0 Å². The summed E-state index contributed by atoms with van der Waals surface area (Å²) in [6.07, 6.45) is 0.752. The second-order valence-electron chi connectivity index (χ2n) is 5.93. The third-order valence-electron chi connectivity index (χ3n) is 3.84. The Labute approximate surface area is 156 Å². The first-order valence-electron chi connectivity index (χ1n) is 8.47. The molecule has 0 heterocycles. The van der Waals surface area contributed by atoms with Crippen molar-refractivity contribution in [2.75, 3.05) is 11.9 Å². The number of nitro benzene ring substituents is 1. The van der Waals surface area contributed by atoms with E-state index in [1.807, 2.05) is 19.9 Å². The van der Waals surface area contributed by atoms with E-state index in [4.69, 9.17) is 4.74 Å². The Bertz CT molecular complexity index is 823. The summed E-state index contributed by atoms with van der Waals surface area (Å²) >= 11 is 0. The Balaban J connectivity index is 2.09. The first kappa shape index (κ1) is 19.9. The summed E-state index contributed by atoms with van der Waals surface area (Å²) in [7, 11) is 0. The maximum Gasteiger partial charge on any atom is 0.338 e. The van der Waals surface area contributed by atoms with Crippen LogP contribution < -0.4 is 10.6 Å². The number of rotatable bonds is 8. The zero-order chi connectivity index (χ0) is 19.8. The number of nitrogens with zero attached hydrogens (tertiary/aromatic N) is 1. The quantitative estimate of drug-likeness (QED) is 0.418. The molecule has 0 aliphatic carbocycles. The zero-order valence-electron chi connectivity index (χ0n) is 15.1. The zero-order valence-corrected chi connectivity index (χ0v) is 15.1. The average Bonchev–Trinajstić information content (AvgIpc) is 2.66. The van der Waals surface area contributed by atoms with Crippen molar-refractivity contribution in [3.63, 3.8) is 0 Å². The van der Waals surface area contributed by atoms with Crippen LogP contribution in [0.2, 0.25) is 0 Å². The second kappa shape index (κ2) is 9.33. The average molecular weight is 371 g/mol. The lowest BCUT2D eigenvalue weighted by Gasteiger charge is -2.12. The van der Waals surface area contributed by atoms with Gasteiger partial charge in [-0.2, -0.15) is 0 Å². The van der Waals surface area contributed by atoms with Gasteiger partial charge in [0.1, 0.15) is 5.69 Å². The molecule has 0 aliphatic heterocycles. The van der Waals surface area contributed by atoms with E-state index >= 15 is 0 Å². The molecule has 2 aromatic rings. The molecule has 0 bridgehead atoms. The maximum atomic E-state index is 12.1. The van der Waals surface area contributed by atoms with Crippen molar-refractivity contribution in [2.24, 2.45) is 0 Å². The summed E-state index contributed by atoms with van der Waals surface area (Å²) in [5, 5.41) is 17.0. The number of nitro groups is 1. The molecule has 142 valence electrons. The summed E-state index contributed by atoms with van der Waals surface area (Å²) in [5.74, 6) is -1.22. The Kier molecular flexibility index (Phi) is 6.87. The molecule has 2 N–H and O–H groups in total. The molecule has 2 rings (SSSR count). The molecule has 8 nitrogen and oxygen atoms in total. The van der Waals surface area contributed by atoms with Crippen LogP contribution in [0.4, 0.5) is 17.1 Å². The highest BCUT2D eigenvalue weighted by atomic mass is 16.6. The number of carbonyl (C=O) groups excluding carboxylic acids is 2. The van der Waals surface area contributed by atoms with Crippen molar-refractivity contribution in [2.45, 2.75) is 26.3 Å². The third kappa shape index (κ3) is 5.81. The van der Waals surface area contributed by atoms with Crippen LogP contribution in [0.15, 0.2) is 48.5 Å². The predicted octanol–water partition coefficient (Wildman–Crippen LogP) is 3.41. The highest BCUT2D eigenvalue weighted by Gasteiger charge is 2.19. The molecule has 1 atom stereocenters. The van der Waals surface area contributed by atoms with Crippen molar-refractivity contribution in [3.05, 3.63) is 64.2 Å². The van der Waals surface area contributed by atoms with E-state index < -0.39 is 23.4 Å². The molecule has 0 aliphatic rings. The summed E-state index contributed by atoms with van der Waals surface area (Å²) in [6, 6.07) is 12.9. The van der Waals surface area contributed by atoms with E-state index in [0.29, 0.717) is 5.69 Å². The number of nitrogens with one attached hydrogen (secondary N) is 2. The van der Waals surface area contributed by atoms with Gasteiger partial charge in [0, 0.05) is 17.8 Å². The molecule has 0 radical (unpaired) electrons. The normalized spacial score (nSPS) is 11.3. The molecule has 8 heteroatoms. The number of carbonyl (C=O) groups is 2. The third-order valence-corrected chi connectivity index (χ3v) is 3.84. The lowest BCUT2D eigenvalue weighted by molar-refractivity contribution is -0.383. The monoisotopic (exact) mass is 371 g/mol. The highest BCUT2D eigenvalue weighted by molar-refractivity contribution is 5.93. The molecule has 0 spiro atoms. The van der Waals surface area contributed by atoms with E-state index in [-0.39, 0.29) is 23.0 Å². The van der Waals surface area contributed by atoms with Gasteiger partial charge in [-0.25, -0.2) is 4.79 Å². The first-order valence-corrected chi connectivity index (χ1v) is 8.47. The number of hydrogen-bond acceptors (Lipinski definition) is 6. The molecule has 0 unspecified atom stereocenters. The van der Waals surface area contributed by atoms with Gasteiger partial charge in [-0.1, -0.05) is 25.1 Å². The van der Waals surface area contributed by atoms with Crippen molar-refractivity contribution in [3.8, 4) is 0 Å². The fourth-order valence-corrected chi connectivity index (χ4v) is 2.23. The molecule has 0 aromatic heterocycles. The minimum absolute atomic E-state index is 0.00310. The highest BCUT2D eigenvalue weighted by Crippen LogP contribution is 2.28. The number of esters is 1. The van der Waals surface area contributed by atoms with E-state index in [1.54, 1.807) is 24.3 Å². The van der Waals surface area contributed by atoms with Gasteiger partial charge in [-0.15, -0.1) is 0 Å². The van der Waals surface area contributed by atoms with Gasteiger partial charge < -0.3 is 15.4 Å². The summed E-state index contributed by atoms with van der Waals surface area (Å²) in [4.78, 5) is 34.5. The molecule has 27 heavy (non-hydrogen) atoms. The Morgan fingerprint density at radius 2 is 1.89 bits per heavy atom. The van der Waals surface area contributed by atoms with E-state index in [9.17, 15) is 19.7 Å². The summed E-state index contributed by atoms with van der Waals surface area (Å²) in [6.45, 7) is 3.31. The lowest BCUT2D eigenvalue weighted by Crippen LogP contribution is -2.35. The standard InChI is InChI=1S/C19H21N3O5/c1-3-13(2)20-18(23)12-27-19(24)14-9-10-16(17(11-14)22(25)26)21-15-7-5-4-6-8-15/h4-11,13,21H,3,12H2,1-2H3,(H,20,23)/t13-/m0/s1. The number of benzene rings is 2. The van der Waals surface area contributed by atoms with E-state index in [1.165, 1.54) is 12.1 Å². The Morgan fingerprint density at radius 3 is 2.52 bits per heavy atom. The number of anilines is 2. The second-order valence-corrected chi connectivity index (χ2v) is 5.93. The van der Waals surface area contributed by atoms with Crippen molar-refractivity contribution in [1.29, 1.82) is 0 Å². The summed E-state index contributed by atoms with van der Waals surface area (Å²) < 4.78 is 4.93. The van der Waals surface area contributed by atoms with Gasteiger partial charge >= 0.3 is 5.97 Å². The number of ether oxygens (including phenoxy) is 1. The van der Waals surface area contributed by atoms with Crippen LogP contribution >= 0.6 is 0 Å². The fraction of sp³-hybridized carbons (Fsp3) is 0.263. The first-order chi connectivity index (χ1) is 12.9. The lowest BCUT2D eigenvalue weighted by atomic mass is 10.1. The van der Waals surface area contributed by atoms with Gasteiger partial charge in [0.15, 0.2) is 6.61 Å². The smallest absolute Gasteiger partial charge is 0.338 e. The van der Waals surface area contributed by atoms with Gasteiger partial charge in [0.2, 0.25) is 0 Å². The topological polar surface area (TPSA) is 111 Å². The molecular formula is C19H21N3O5. The summed E-state index contributed by atoms with van der Waals surface area (Å²) in [5.41, 5.74) is 0.656. The number of hydrogen-bond donors (Lipinski definition) is 2. The maximum absolute atomic E-state index is 12.1.